The Morgan fingerprint density at radius 3 is 2.59 bits per heavy atom. The SMILES string of the molecule is CCC(SC1=Nc2ccccc2C2=NC(C(C)CC)C(=O)N12)C(=O)Nc1ccccc1F. The Balaban J connectivity index is 1.64. The molecular formula is C24H25FN4O2S. The highest BCUT2D eigenvalue weighted by atomic mass is 32.2. The third-order valence-electron chi connectivity index (χ3n) is 5.72. The summed E-state index contributed by atoms with van der Waals surface area (Å²) in [7, 11) is 0. The Morgan fingerprint density at radius 1 is 1.16 bits per heavy atom. The number of thioether (sulfide) groups is 1. The van der Waals surface area contributed by atoms with Gasteiger partial charge in [-0.25, -0.2) is 14.3 Å². The fraction of sp³-hybridized carbons (Fsp3) is 0.333. The number of para-hydroxylation sites is 2. The van der Waals surface area contributed by atoms with Crippen LogP contribution in [0.1, 0.15) is 39.2 Å². The number of fused-ring (bicyclic) bond motifs is 3. The molecule has 32 heavy (non-hydrogen) atoms. The molecule has 2 aliphatic rings. The van der Waals surface area contributed by atoms with Gasteiger partial charge in [-0.05, 0) is 36.6 Å². The monoisotopic (exact) mass is 452 g/mol. The van der Waals surface area contributed by atoms with Gasteiger partial charge >= 0.3 is 0 Å². The molecule has 3 atom stereocenters. The number of halogens is 1. The minimum atomic E-state index is -0.560. The van der Waals surface area contributed by atoms with E-state index in [0.29, 0.717) is 23.1 Å². The Kier molecular flexibility index (Phi) is 6.41. The van der Waals surface area contributed by atoms with Crippen LogP contribution in [-0.4, -0.2) is 39.0 Å². The molecule has 4 rings (SSSR count). The topological polar surface area (TPSA) is 74.1 Å². The standard InChI is InChI=1S/C24H25FN4O2S/c1-4-14(3)20-23(31)29-21(28-20)15-10-6-8-12-17(15)27-24(29)32-19(5-2)22(30)26-18-13-9-7-11-16(18)25/h6-14,19-20H,4-5H2,1-3H3,(H,26,30). The van der Waals surface area contributed by atoms with E-state index in [9.17, 15) is 14.0 Å². The zero-order valence-corrected chi connectivity index (χ0v) is 19.0. The summed E-state index contributed by atoms with van der Waals surface area (Å²) in [5.74, 6) is -0.291. The molecule has 6 nitrogen and oxygen atoms in total. The second-order valence-corrected chi connectivity index (χ2v) is 9.02. The van der Waals surface area contributed by atoms with Crippen molar-refractivity contribution < 1.29 is 14.0 Å². The first-order valence-corrected chi connectivity index (χ1v) is 11.6. The highest BCUT2D eigenvalue weighted by Gasteiger charge is 2.43. The van der Waals surface area contributed by atoms with Crippen molar-refractivity contribution in [3.05, 3.63) is 59.9 Å². The number of hydrogen-bond donors (Lipinski definition) is 1. The van der Waals surface area contributed by atoms with E-state index in [1.54, 1.807) is 17.0 Å². The summed E-state index contributed by atoms with van der Waals surface area (Å²) in [4.78, 5) is 37.2. The zero-order chi connectivity index (χ0) is 22.8. The first-order chi connectivity index (χ1) is 15.4. The van der Waals surface area contributed by atoms with Crippen molar-refractivity contribution in [1.29, 1.82) is 0 Å². The van der Waals surface area contributed by atoms with E-state index in [-0.39, 0.29) is 23.4 Å². The van der Waals surface area contributed by atoms with Gasteiger partial charge in [0.25, 0.3) is 5.91 Å². The van der Waals surface area contributed by atoms with Crippen molar-refractivity contribution >= 4 is 46.0 Å². The van der Waals surface area contributed by atoms with E-state index in [4.69, 9.17) is 9.98 Å². The Bertz CT molecular complexity index is 1120. The maximum Gasteiger partial charge on any atom is 0.259 e. The number of hydrogen-bond acceptors (Lipinski definition) is 5. The molecule has 2 heterocycles. The van der Waals surface area contributed by atoms with E-state index in [2.05, 4.69) is 5.32 Å². The predicted octanol–water partition coefficient (Wildman–Crippen LogP) is 4.98. The summed E-state index contributed by atoms with van der Waals surface area (Å²) in [6, 6.07) is 13.1. The van der Waals surface area contributed by atoms with Crippen molar-refractivity contribution in [3.8, 4) is 0 Å². The molecule has 0 aliphatic carbocycles. The average molecular weight is 453 g/mol. The van der Waals surface area contributed by atoms with Crippen LogP contribution in [0.2, 0.25) is 0 Å². The molecule has 2 aliphatic heterocycles. The lowest BCUT2D eigenvalue weighted by molar-refractivity contribution is -0.125. The molecule has 8 heteroatoms. The molecule has 0 saturated carbocycles. The molecule has 0 spiro atoms. The summed E-state index contributed by atoms with van der Waals surface area (Å²) in [5, 5.41) is 2.52. The second-order valence-electron chi connectivity index (χ2n) is 7.85. The normalized spacial score (nSPS) is 18.9. The van der Waals surface area contributed by atoms with E-state index >= 15 is 0 Å². The van der Waals surface area contributed by atoms with E-state index in [1.807, 2.05) is 45.0 Å². The van der Waals surface area contributed by atoms with Gasteiger partial charge in [0.2, 0.25) is 5.91 Å². The minimum absolute atomic E-state index is 0.0883. The highest BCUT2D eigenvalue weighted by molar-refractivity contribution is 8.15. The van der Waals surface area contributed by atoms with Crippen LogP contribution in [0.3, 0.4) is 0 Å². The van der Waals surface area contributed by atoms with Crippen LogP contribution >= 0.6 is 11.8 Å². The minimum Gasteiger partial charge on any atom is -0.323 e. The number of anilines is 1. The molecular weight excluding hydrogens is 427 g/mol. The number of amidine groups is 2. The number of nitrogens with zero attached hydrogens (tertiary/aromatic N) is 3. The van der Waals surface area contributed by atoms with Crippen molar-refractivity contribution in [1.82, 2.24) is 4.90 Å². The third kappa shape index (κ3) is 4.07. The van der Waals surface area contributed by atoms with Gasteiger partial charge in [0.1, 0.15) is 17.7 Å². The number of aliphatic imine (C=N–C) groups is 2. The first kappa shape index (κ1) is 22.2. The lowest BCUT2D eigenvalue weighted by atomic mass is 10.00. The van der Waals surface area contributed by atoms with Crippen LogP contribution in [0, 0.1) is 11.7 Å². The Morgan fingerprint density at radius 2 is 1.88 bits per heavy atom. The maximum absolute atomic E-state index is 14.0. The fourth-order valence-electron chi connectivity index (χ4n) is 3.67. The van der Waals surface area contributed by atoms with E-state index in [0.717, 1.165) is 12.0 Å². The van der Waals surface area contributed by atoms with Crippen LogP contribution in [-0.2, 0) is 9.59 Å². The Labute approximate surface area is 191 Å². The molecule has 0 aromatic heterocycles. The molecule has 2 aromatic carbocycles. The third-order valence-corrected chi connectivity index (χ3v) is 7.04. The lowest BCUT2D eigenvalue weighted by Crippen LogP contribution is -2.43. The van der Waals surface area contributed by atoms with Gasteiger partial charge in [0, 0.05) is 5.56 Å². The number of rotatable bonds is 6. The number of amides is 2. The number of benzene rings is 2. The zero-order valence-electron chi connectivity index (χ0n) is 18.2. The lowest BCUT2D eigenvalue weighted by Gasteiger charge is -2.27. The summed E-state index contributed by atoms with van der Waals surface area (Å²) in [6.45, 7) is 5.92. The van der Waals surface area contributed by atoms with Gasteiger partial charge in [-0.2, -0.15) is 0 Å². The number of carbonyl (C=O) groups is 2. The molecule has 1 N–H and O–H groups in total. The quantitative estimate of drug-likeness (QED) is 0.672. The summed E-state index contributed by atoms with van der Waals surface area (Å²) in [6.07, 6.45) is 1.31. The molecule has 3 unspecified atom stereocenters. The van der Waals surface area contributed by atoms with Gasteiger partial charge in [-0.3, -0.25) is 14.6 Å². The second kappa shape index (κ2) is 9.24. The van der Waals surface area contributed by atoms with E-state index in [1.165, 1.54) is 23.9 Å². The average Bonchev–Trinajstić information content (AvgIpc) is 3.16. The molecule has 2 amide bonds. The molecule has 0 saturated heterocycles. The van der Waals surface area contributed by atoms with Crippen LogP contribution in [0.25, 0.3) is 0 Å². The largest absolute Gasteiger partial charge is 0.323 e. The van der Waals surface area contributed by atoms with Crippen LogP contribution in [0.15, 0.2) is 58.5 Å². The fourth-order valence-corrected chi connectivity index (χ4v) is 4.69. The molecule has 0 fully saturated rings. The van der Waals surface area contributed by atoms with Gasteiger partial charge in [0.05, 0.1) is 16.6 Å². The molecule has 2 aromatic rings. The van der Waals surface area contributed by atoms with Gasteiger partial charge in [0.15, 0.2) is 5.17 Å². The number of carbonyl (C=O) groups excluding carboxylic acids is 2. The molecule has 0 bridgehead atoms. The van der Waals surface area contributed by atoms with E-state index < -0.39 is 17.1 Å². The predicted molar refractivity (Wildman–Crippen MR) is 127 cm³/mol. The van der Waals surface area contributed by atoms with Crippen molar-refractivity contribution in [2.75, 3.05) is 5.32 Å². The van der Waals surface area contributed by atoms with Crippen molar-refractivity contribution in [2.45, 2.75) is 44.9 Å². The maximum atomic E-state index is 14.0. The smallest absolute Gasteiger partial charge is 0.259 e. The van der Waals surface area contributed by atoms with Crippen molar-refractivity contribution in [3.63, 3.8) is 0 Å². The highest BCUT2D eigenvalue weighted by Crippen LogP contribution is 2.36. The van der Waals surface area contributed by atoms with Gasteiger partial charge in [-0.15, -0.1) is 0 Å². The van der Waals surface area contributed by atoms with Gasteiger partial charge < -0.3 is 5.32 Å². The first-order valence-electron chi connectivity index (χ1n) is 10.8. The van der Waals surface area contributed by atoms with Crippen molar-refractivity contribution in [2.24, 2.45) is 15.9 Å². The van der Waals surface area contributed by atoms with Crippen LogP contribution in [0.4, 0.5) is 15.8 Å². The molecule has 166 valence electrons. The van der Waals surface area contributed by atoms with Crippen LogP contribution in [0.5, 0.6) is 0 Å². The Hall–Kier alpha value is -3.00. The summed E-state index contributed by atoms with van der Waals surface area (Å²) >= 11 is 1.20. The van der Waals surface area contributed by atoms with Crippen LogP contribution < -0.4 is 5.32 Å². The number of nitrogens with one attached hydrogen (secondary N) is 1. The molecule has 0 radical (unpaired) electrons. The summed E-state index contributed by atoms with van der Waals surface area (Å²) in [5.41, 5.74) is 1.65. The van der Waals surface area contributed by atoms with Gasteiger partial charge in [-0.1, -0.05) is 63.2 Å². The summed E-state index contributed by atoms with van der Waals surface area (Å²) < 4.78 is 14.0.